The monoisotopic (exact) mass is 363 g/mol. The van der Waals surface area contributed by atoms with Crippen molar-refractivity contribution in [1.29, 1.82) is 0 Å². The molecule has 0 aliphatic carbocycles. The predicted molar refractivity (Wildman–Crippen MR) is 111 cm³/mol. The van der Waals surface area contributed by atoms with Crippen LogP contribution in [-0.4, -0.2) is 46.4 Å². The largest absolute Gasteiger partial charge is 0.493 e. The molecule has 4 heteroatoms. The average molecular weight is 364 g/mol. The lowest BCUT2D eigenvalue weighted by molar-refractivity contribution is 0.267. The molecule has 148 valence electrons. The molecule has 0 aromatic heterocycles. The first-order valence-electron chi connectivity index (χ1n) is 9.82. The fourth-order valence-electron chi connectivity index (χ4n) is 2.75. The lowest BCUT2D eigenvalue weighted by Crippen LogP contribution is -2.12. The van der Waals surface area contributed by atoms with E-state index in [1.165, 1.54) is 32.1 Å². The van der Waals surface area contributed by atoms with Crippen LogP contribution in [0.25, 0.3) is 6.08 Å². The zero-order chi connectivity index (χ0) is 19.2. The second-order valence-electron chi connectivity index (χ2n) is 6.87. The van der Waals surface area contributed by atoms with E-state index < -0.39 is 0 Å². The van der Waals surface area contributed by atoms with Gasteiger partial charge in [0.05, 0.1) is 20.8 Å². The maximum absolute atomic E-state index is 5.95. The van der Waals surface area contributed by atoms with Crippen molar-refractivity contribution in [1.82, 2.24) is 4.90 Å². The van der Waals surface area contributed by atoms with Crippen molar-refractivity contribution in [2.24, 2.45) is 0 Å². The van der Waals surface area contributed by atoms with Crippen LogP contribution in [-0.2, 0) is 0 Å². The summed E-state index contributed by atoms with van der Waals surface area (Å²) in [5.74, 6) is 2.16. The molecule has 4 nitrogen and oxygen atoms in total. The summed E-state index contributed by atoms with van der Waals surface area (Å²) in [6.45, 7) is 4.04. The zero-order valence-electron chi connectivity index (χ0n) is 17.3. The molecule has 1 aromatic rings. The molecule has 0 saturated carbocycles. The van der Waals surface area contributed by atoms with Crippen LogP contribution < -0.4 is 14.2 Å². The number of methoxy groups -OCH3 is 2. The molecule has 0 N–H and O–H groups in total. The molecule has 0 amide bonds. The van der Waals surface area contributed by atoms with Gasteiger partial charge in [0.2, 0.25) is 5.75 Å². The van der Waals surface area contributed by atoms with Crippen molar-refractivity contribution >= 4 is 6.08 Å². The molecule has 26 heavy (non-hydrogen) atoms. The van der Waals surface area contributed by atoms with Gasteiger partial charge in [-0.2, -0.15) is 0 Å². The van der Waals surface area contributed by atoms with Crippen LogP contribution >= 0.6 is 0 Å². The van der Waals surface area contributed by atoms with Gasteiger partial charge in [0.15, 0.2) is 11.5 Å². The molecule has 0 atom stereocenters. The molecule has 0 spiro atoms. The smallest absolute Gasteiger partial charge is 0.203 e. The van der Waals surface area contributed by atoms with Gasteiger partial charge in [0.25, 0.3) is 0 Å². The Hall–Kier alpha value is -1.68. The van der Waals surface area contributed by atoms with Crippen molar-refractivity contribution < 1.29 is 14.2 Å². The topological polar surface area (TPSA) is 30.9 Å². The Morgan fingerprint density at radius 1 is 0.923 bits per heavy atom. The van der Waals surface area contributed by atoms with Gasteiger partial charge < -0.3 is 19.1 Å². The maximum atomic E-state index is 5.95. The third kappa shape index (κ3) is 8.61. The Bertz CT molecular complexity index is 501. The SMILES string of the molecule is CCCCCCOc1c(OC)cc(/C=C\CCCCN(C)C)cc1OC. The van der Waals surface area contributed by atoms with E-state index in [-0.39, 0.29) is 0 Å². The van der Waals surface area contributed by atoms with E-state index in [1.807, 2.05) is 12.1 Å². The number of allylic oxidation sites excluding steroid dienone is 1. The van der Waals surface area contributed by atoms with E-state index in [2.05, 4.69) is 38.1 Å². The standard InChI is InChI=1S/C22H37NO3/c1-6-7-8-13-16-26-22-20(24-4)17-19(18-21(22)25-5)14-11-9-10-12-15-23(2)3/h11,14,17-18H,6-10,12-13,15-16H2,1-5H3/b14-11-. The number of nitrogens with zero attached hydrogens (tertiary/aromatic N) is 1. The molecular weight excluding hydrogens is 326 g/mol. The number of hydrogen-bond acceptors (Lipinski definition) is 4. The number of rotatable bonds is 14. The highest BCUT2D eigenvalue weighted by Gasteiger charge is 2.13. The summed E-state index contributed by atoms with van der Waals surface area (Å²) in [6.07, 6.45) is 12.6. The summed E-state index contributed by atoms with van der Waals surface area (Å²) >= 11 is 0. The van der Waals surface area contributed by atoms with Gasteiger partial charge in [-0.1, -0.05) is 38.3 Å². The van der Waals surface area contributed by atoms with Crippen molar-refractivity contribution in [2.75, 3.05) is 41.5 Å². The summed E-state index contributed by atoms with van der Waals surface area (Å²) in [4.78, 5) is 2.22. The normalized spacial score (nSPS) is 11.3. The minimum absolute atomic E-state index is 0.688. The second-order valence-corrected chi connectivity index (χ2v) is 6.87. The van der Waals surface area contributed by atoms with Gasteiger partial charge in [-0.05, 0) is 64.0 Å². The van der Waals surface area contributed by atoms with Crippen LogP contribution in [0.2, 0.25) is 0 Å². The minimum atomic E-state index is 0.688. The third-order valence-electron chi connectivity index (χ3n) is 4.26. The summed E-state index contributed by atoms with van der Waals surface area (Å²) < 4.78 is 17.0. The van der Waals surface area contributed by atoms with Crippen LogP contribution in [0.15, 0.2) is 18.2 Å². The molecule has 0 unspecified atom stereocenters. The molecule has 0 fully saturated rings. The summed E-state index contributed by atoms with van der Waals surface area (Å²) in [5, 5.41) is 0. The highest BCUT2D eigenvalue weighted by atomic mass is 16.5. The van der Waals surface area contributed by atoms with Gasteiger partial charge in [0.1, 0.15) is 0 Å². The predicted octanol–water partition coefficient (Wildman–Crippen LogP) is 5.41. The van der Waals surface area contributed by atoms with Crippen LogP contribution in [0.5, 0.6) is 17.2 Å². The highest BCUT2D eigenvalue weighted by Crippen LogP contribution is 2.39. The van der Waals surface area contributed by atoms with Gasteiger partial charge in [-0.25, -0.2) is 0 Å². The number of ether oxygens (including phenoxy) is 3. The molecule has 0 heterocycles. The first kappa shape index (κ1) is 22.4. The van der Waals surface area contributed by atoms with Gasteiger partial charge in [0, 0.05) is 0 Å². The van der Waals surface area contributed by atoms with Gasteiger partial charge in [-0.15, -0.1) is 0 Å². The molecule has 0 aliphatic rings. The van der Waals surface area contributed by atoms with Crippen LogP contribution in [0, 0.1) is 0 Å². The number of hydrogen-bond donors (Lipinski definition) is 0. The molecule has 1 aromatic carbocycles. The fraction of sp³-hybridized carbons (Fsp3) is 0.636. The van der Waals surface area contributed by atoms with E-state index in [0.717, 1.165) is 36.4 Å². The Morgan fingerprint density at radius 2 is 1.62 bits per heavy atom. The van der Waals surface area contributed by atoms with E-state index in [1.54, 1.807) is 14.2 Å². The Morgan fingerprint density at radius 3 is 2.19 bits per heavy atom. The minimum Gasteiger partial charge on any atom is -0.493 e. The highest BCUT2D eigenvalue weighted by molar-refractivity contribution is 5.62. The number of benzene rings is 1. The molecule has 0 radical (unpaired) electrons. The van der Waals surface area contributed by atoms with E-state index in [4.69, 9.17) is 14.2 Å². The van der Waals surface area contributed by atoms with Crippen molar-refractivity contribution in [3.8, 4) is 17.2 Å². The van der Waals surface area contributed by atoms with Crippen LogP contribution in [0.4, 0.5) is 0 Å². The summed E-state index contributed by atoms with van der Waals surface area (Å²) in [5.41, 5.74) is 1.07. The van der Waals surface area contributed by atoms with E-state index >= 15 is 0 Å². The fourth-order valence-corrected chi connectivity index (χ4v) is 2.75. The Balaban J connectivity index is 2.65. The third-order valence-corrected chi connectivity index (χ3v) is 4.26. The second kappa shape index (κ2) is 13.5. The van der Waals surface area contributed by atoms with E-state index in [9.17, 15) is 0 Å². The van der Waals surface area contributed by atoms with Crippen LogP contribution in [0.1, 0.15) is 57.4 Å². The lowest BCUT2D eigenvalue weighted by atomic mass is 10.1. The Kier molecular flexibility index (Phi) is 11.6. The number of unbranched alkanes of at least 4 members (excludes halogenated alkanes) is 5. The molecule has 1 rings (SSSR count). The zero-order valence-corrected chi connectivity index (χ0v) is 17.3. The molecular formula is C22H37NO3. The van der Waals surface area contributed by atoms with Crippen molar-refractivity contribution in [3.63, 3.8) is 0 Å². The van der Waals surface area contributed by atoms with Crippen molar-refractivity contribution in [2.45, 2.75) is 51.9 Å². The van der Waals surface area contributed by atoms with E-state index in [0.29, 0.717) is 12.4 Å². The molecule has 0 bridgehead atoms. The Labute approximate surface area is 160 Å². The quantitative estimate of drug-likeness (QED) is 0.414. The first-order valence-corrected chi connectivity index (χ1v) is 9.82. The molecule has 0 aliphatic heterocycles. The first-order chi connectivity index (χ1) is 12.6. The average Bonchev–Trinajstić information content (AvgIpc) is 2.64. The van der Waals surface area contributed by atoms with Gasteiger partial charge in [-0.3, -0.25) is 0 Å². The summed E-state index contributed by atoms with van der Waals surface area (Å²) in [7, 11) is 7.57. The maximum Gasteiger partial charge on any atom is 0.203 e. The lowest BCUT2D eigenvalue weighted by Gasteiger charge is -2.15. The molecule has 0 saturated heterocycles. The van der Waals surface area contributed by atoms with Crippen LogP contribution in [0.3, 0.4) is 0 Å². The van der Waals surface area contributed by atoms with Crippen molar-refractivity contribution in [3.05, 3.63) is 23.8 Å². The van der Waals surface area contributed by atoms with Gasteiger partial charge >= 0.3 is 0 Å². The summed E-state index contributed by atoms with van der Waals surface area (Å²) in [6, 6.07) is 4.03.